The van der Waals surface area contributed by atoms with Gasteiger partial charge < -0.3 is 15.2 Å². The molecule has 32 heavy (non-hydrogen) atoms. The summed E-state index contributed by atoms with van der Waals surface area (Å²) >= 11 is 0. The highest BCUT2D eigenvalue weighted by atomic mass is 16.5. The zero-order chi connectivity index (χ0) is 23.9. The lowest BCUT2D eigenvalue weighted by Crippen LogP contribution is -2.17. The van der Waals surface area contributed by atoms with Gasteiger partial charge in [0.2, 0.25) is 11.8 Å². The van der Waals surface area contributed by atoms with E-state index in [2.05, 4.69) is 6.92 Å². The Bertz CT molecular complexity index is 875. The second kappa shape index (κ2) is 14.4. The molecule has 0 heterocycles. The number of hydroxylamine groups is 1. The minimum Gasteiger partial charge on any atom is -0.497 e. The molecular weight excluding hydrogens is 414 g/mol. The summed E-state index contributed by atoms with van der Waals surface area (Å²) in [6, 6.07) is 11.9. The number of rotatable bonds is 10. The molecule has 0 atom stereocenters. The van der Waals surface area contributed by atoms with Crippen molar-refractivity contribution in [2.45, 2.75) is 32.6 Å². The number of carbonyl (C=O) groups excluding carboxylic acids is 2. The van der Waals surface area contributed by atoms with Crippen LogP contribution in [0.1, 0.15) is 43.7 Å². The van der Waals surface area contributed by atoms with Gasteiger partial charge in [0.15, 0.2) is 0 Å². The van der Waals surface area contributed by atoms with Crippen LogP contribution in [0.15, 0.2) is 42.5 Å². The van der Waals surface area contributed by atoms with E-state index in [1.807, 2.05) is 5.48 Å². The van der Waals surface area contributed by atoms with E-state index in [0.29, 0.717) is 34.7 Å². The van der Waals surface area contributed by atoms with Gasteiger partial charge in [-0.1, -0.05) is 31.9 Å². The molecule has 9 heteroatoms. The maximum Gasteiger partial charge on any atom is 0.249 e. The average Bonchev–Trinajstić information content (AvgIpc) is 2.82. The van der Waals surface area contributed by atoms with Crippen molar-refractivity contribution in [2.24, 2.45) is 5.73 Å². The molecule has 6 N–H and O–H groups in total. The Morgan fingerprint density at radius 1 is 1.00 bits per heavy atom. The predicted molar refractivity (Wildman–Crippen MR) is 123 cm³/mol. The Kier molecular flexibility index (Phi) is 12.0. The quantitative estimate of drug-likeness (QED) is 0.124. The van der Waals surface area contributed by atoms with Crippen molar-refractivity contribution in [2.75, 3.05) is 19.7 Å². The molecule has 0 saturated heterocycles. The van der Waals surface area contributed by atoms with E-state index in [-0.39, 0.29) is 5.91 Å². The largest absolute Gasteiger partial charge is 0.497 e. The fourth-order valence-electron chi connectivity index (χ4n) is 2.69. The molecular formula is C23H31N3O6. The van der Waals surface area contributed by atoms with E-state index >= 15 is 0 Å². The third kappa shape index (κ3) is 9.07. The number of hydrogen-bond donors (Lipinski definition) is 5. The van der Waals surface area contributed by atoms with Crippen LogP contribution in [0.2, 0.25) is 0 Å². The molecule has 2 rings (SSSR count). The summed E-state index contributed by atoms with van der Waals surface area (Å²) in [7, 11) is 3.11. The highest BCUT2D eigenvalue weighted by molar-refractivity contribution is 6.23. The lowest BCUT2D eigenvalue weighted by Gasteiger charge is -2.08. The molecule has 2 amide bonds. The van der Waals surface area contributed by atoms with Crippen LogP contribution >= 0.6 is 0 Å². The number of nitrogens with two attached hydrogens (primary N) is 1. The van der Waals surface area contributed by atoms with Crippen molar-refractivity contribution >= 4 is 29.2 Å². The van der Waals surface area contributed by atoms with Gasteiger partial charge in [-0.2, -0.15) is 0 Å². The zero-order valence-corrected chi connectivity index (χ0v) is 18.6. The Morgan fingerprint density at radius 2 is 1.59 bits per heavy atom. The molecule has 2 aromatic carbocycles. The standard InChI is InChI=1S/C17H18N2O4.C6H13NO2/c1-22-14-7-11(8-15(10-14)23-2)9-16(17(18)20)12-3-5-13(19-21)6-4-12;1-2-3-4-5-6(8)7-9/h3-10,19,21H,1-2H3,(H2,18,20);9H,2-5H2,1H3,(H,7,8)/b16-9-;. The first-order valence-corrected chi connectivity index (χ1v) is 10.1. The summed E-state index contributed by atoms with van der Waals surface area (Å²) in [6.45, 7) is 2.07. The summed E-state index contributed by atoms with van der Waals surface area (Å²) in [6.07, 6.45) is 5.11. The first-order chi connectivity index (χ1) is 15.4. The van der Waals surface area contributed by atoms with Gasteiger partial charge in [-0.3, -0.25) is 25.5 Å². The monoisotopic (exact) mass is 445 g/mol. The number of methoxy groups -OCH3 is 2. The summed E-state index contributed by atoms with van der Waals surface area (Å²) in [5.41, 5.74) is 11.3. The van der Waals surface area contributed by atoms with Crippen LogP contribution in [-0.2, 0) is 9.59 Å². The van der Waals surface area contributed by atoms with Crippen LogP contribution in [0.4, 0.5) is 5.69 Å². The van der Waals surface area contributed by atoms with Crippen LogP contribution in [0.5, 0.6) is 11.5 Å². The van der Waals surface area contributed by atoms with Crippen molar-refractivity contribution in [3.8, 4) is 11.5 Å². The Morgan fingerprint density at radius 3 is 2.03 bits per heavy atom. The second-order valence-corrected chi connectivity index (χ2v) is 6.75. The van der Waals surface area contributed by atoms with E-state index in [1.165, 1.54) is 0 Å². The molecule has 9 nitrogen and oxygen atoms in total. The zero-order valence-electron chi connectivity index (χ0n) is 18.6. The number of carbonyl (C=O) groups is 2. The van der Waals surface area contributed by atoms with E-state index in [9.17, 15) is 9.59 Å². The average molecular weight is 446 g/mol. The molecule has 0 unspecified atom stereocenters. The van der Waals surface area contributed by atoms with Gasteiger partial charge in [-0.25, -0.2) is 5.48 Å². The number of primary amides is 1. The predicted octanol–water partition coefficient (Wildman–Crippen LogP) is 3.60. The SMILES string of the molecule is CCCCCC(=O)NO.COc1cc(/C=C(\C(N)=O)c2ccc(NO)cc2)cc(OC)c1. The van der Waals surface area contributed by atoms with Crippen molar-refractivity contribution in [1.29, 1.82) is 0 Å². The number of anilines is 1. The van der Waals surface area contributed by atoms with Crippen LogP contribution in [-0.4, -0.2) is 36.4 Å². The minimum atomic E-state index is -0.559. The lowest BCUT2D eigenvalue weighted by molar-refractivity contribution is -0.129. The van der Waals surface area contributed by atoms with E-state index in [4.69, 9.17) is 25.6 Å². The number of benzene rings is 2. The number of unbranched alkanes of at least 4 members (excludes halogenated alkanes) is 2. The number of ether oxygens (including phenoxy) is 2. The number of nitrogens with one attached hydrogen (secondary N) is 2. The van der Waals surface area contributed by atoms with E-state index in [1.54, 1.807) is 68.2 Å². The summed E-state index contributed by atoms with van der Waals surface area (Å²) in [5.74, 6) is 0.374. The van der Waals surface area contributed by atoms with E-state index in [0.717, 1.165) is 24.8 Å². The fourth-order valence-corrected chi connectivity index (χ4v) is 2.69. The topological polar surface area (TPSA) is 143 Å². The molecule has 0 fully saturated rings. The van der Waals surface area contributed by atoms with Gasteiger partial charge in [0, 0.05) is 18.1 Å². The normalized spacial score (nSPS) is 10.5. The van der Waals surface area contributed by atoms with Gasteiger partial charge in [0.1, 0.15) is 11.5 Å². The molecule has 174 valence electrons. The smallest absolute Gasteiger partial charge is 0.249 e. The summed E-state index contributed by atoms with van der Waals surface area (Å²) in [5, 5.41) is 16.9. The Hall–Kier alpha value is -3.56. The minimum absolute atomic E-state index is 0.288. The van der Waals surface area contributed by atoms with Crippen LogP contribution in [0, 0.1) is 0 Å². The number of amides is 2. The second-order valence-electron chi connectivity index (χ2n) is 6.75. The number of hydrogen-bond acceptors (Lipinski definition) is 7. The first kappa shape index (κ1) is 26.5. The molecule has 0 aliphatic carbocycles. The highest BCUT2D eigenvalue weighted by Crippen LogP contribution is 2.26. The Balaban J connectivity index is 0.000000482. The van der Waals surface area contributed by atoms with Crippen LogP contribution < -0.4 is 26.2 Å². The first-order valence-electron chi connectivity index (χ1n) is 10.1. The van der Waals surface area contributed by atoms with Crippen molar-refractivity contribution in [3.05, 3.63) is 53.6 Å². The molecule has 0 aliphatic heterocycles. The third-order valence-corrected chi connectivity index (χ3v) is 4.41. The van der Waals surface area contributed by atoms with Gasteiger partial charge in [0.25, 0.3) is 0 Å². The van der Waals surface area contributed by atoms with Crippen LogP contribution in [0.3, 0.4) is 0 Å². The van der Waals surface area contributed by atoms with Crippen molar-refractivity contribution < 1.29 is 29.5 Å². The molecule has 0 bridgehead atoms. The molecule has 0 aromatic heterocycles. The van der Waals surface area contributed by atoms with Gasteiger partial charge in [-0.05, 0) is 47.9 Å². The van der Waals surface area contributed by atoms with Crippen molar-refractivity contribution in [3.63, 3.8) is 0 Å². The summed E-state index contributed by atoms with van der Waals surface area (Å²) in [4.78, 5) is 22.1. The third-order valence-electron chi connectivity index (χ3n) is 4.41. The molecule has 0 radical (unpaired) electrons. The van der Waals surface area contributed by atoms with Gasteiger partial charge in [-0.15, -0.1) is 0 Å². The maximum atomic E-state index is 11.8. The fraction of sp³-hybridized carbons (Fsp3) is 0.304. The molecule has 0 saturated carbocycles. The Labute approximate surface area is 187 Å². The van der Waals surface area contributed by atoms with E-state index < -0.39 is 5.91 Å². The molecule has 0 aliphatic rings. The highest BCUT2D eigenvalue weighted by Gasteiger charge is 2.10. The lowest BCUT2D eigenvalue weighted by atomic mass is 10.0. The van der Waals surface area contributed by atoms with Gasteiger partial charge in [0.05, 0.1) is 19.9 Å². The van der Waals surface area contributed by atoms with Gasteiger partial charge >= 0.3 is 0 Å². The molecule has 2 aromatic rings. The van der Waals surface area contributed by atoms with Crippen molar-refractivity contribution in [1.82, 2.24) is 5.48 Å². The maximum absolute atomic E-state index is 11.8. The van der Waals surface area contributed by atoms with Crippen LogP contribution in [0.25, 0.3) is 11.6 Å². The summed E-state index contributed by atoms with van der Waals surface area (Å²) < 4.78 is 10.4. The molecule has 0 spiro atoms.